The van der Waals surface area contributed by atoms with E-state index in [1.165, 1.54) is 16.2 Å². The van der Waals surface area contributed by atoms with E-state index in [0.717, 1.165) is 10.9 Å². The maximum atomic E-state index is 12.7. The number of halogens is 3. The molecule has 1 aliphatic heterocycles. The van der Waals surface area contributed by atoms with Crippen molar-refractivity contribution in [3.05, 3.63) is 16.3 Å². The Labute approximate surface area is 183 Å². The minimum absolute atomic E-state index is 0.0909. The topological polar surface area (TPSA) is 70.6 Å². The molecule has 1 saturated heterocycles. The number of hydrogen-bond acceptors (Lipinski definition) is 8. The Morgan fingerprint density at radius 2 is 2.10 bits per heavy atom. The van der Waals surface area contributed by atoms with Gasteiger partial charge in [0.05, 0.1) is 25.1 Å². The van der Waals surface area contributed by atoms with Gasteiger partial charge in [0, 0.05) is 13.1 Å². The molecule has 0 radical (unpaired) electrons. The lowest BCUT2D eigenvalue weighted by Gasteiger charge is -2.18. The Morgan fingerprint density at radius 3 is 2.74 bits per heavy atom. The Bertz CT molecular complexity index is 932. The van der Waals surface area contributed by atoms with Crippen molar-refractivity contribution in [1.29, 1.82) is 0 Å². The van der Waals surface area contributed by atoms with Crippen LogP contribution in [-0.4, -0.2) is 78.8 Å². The van der Waals surface area contributed by atoms with Gasteiger partial charge in [-0.1, -0.05) is 0 Å². The third-order valence-electron chi connectivity index (χ3n) is 5.09. The number of aryl methyl sites for hydroxylation is 1. The van der Waals surface area contributed by atoms with E-state index in [-0.39, 0.29) is 18.5 Å². The first-order valence-electron chi connectivity index (χ1n) is 10.2. The second-order valence-electron chi connectivity index (χ2n) is 8.07. The van der Waals surface area contributed by atoms with Gasteiger partial charge in [0.1, 0.15) is 21.3 Å². The van der Waals surface area contributed by atoms with Crippen LogP contribution in [0.2, 0.25) is 0 Å². The fourth-order valence-electron chi connectivity index (χ4n) is 3.77. The van der Waals surface area contributed by atoms with E-state index in [9.17, 15) is 18.0 Å². The quantitative estimate of drug-likeness (QED) is 0.606. The molecule has 1 unspecified atom stereocenters. The van der Waals surface area contributed by atoms with E-state index in [2.05, 4.69) is 15.3 Å². The number of anilines is 1. The highest BCUT2D eigenvalue weighted by atomic mass is 32.1. The minimum atomic E-state index is -4.18. The molecule has 0 bridgehead atoms. The van der Waals surface area contributed by atoms with E-state index >= 15 is 0 Å². The second-order valence-corrected chi connectivity index (χ2v) is 9.07. The molecule has 7 nitrogen and oxygen atoms in total. The predicted molar refractivity (Wildman–Crippen MR) is 115 cm³/mol. The van der Waals surface area contributed by atoms with Gasteiger partial charge in [-0.3, -0.25) is 4.90 Å². The maximum absolute atomic E-state index is 12.7. The molecule has 0 saturated carbocycles. The summed E-state index contributed by atoms with van der Waals surface area (Å²) in [5, 5.41) is 4.09. The molecule has 172 valence electrons. The molecule has 0 aliphatic carbocycles. The summed E-state index contributed by atoms with van der Waals surface area (Å²) in [6.45, 7) is 4.86. The van der Waals surface area contributed by atoms with Crippen LogP contribution in [0.25, 0.3) is 10.2 Å². The normalized spacial score (nSPS) is 17.6. The molecule has 31 heavy (non-hydrogen) atoms. The summed E-state index contributed by atoms with van der Waals surface area (Å²) in [4.78, 5) is 26.2. The van der Waals surface area contributed by atoms with Crippen LogP contribution in [0.5, 0.6) is 0 Å². The van der Waals surface area contributed by atoms with Gasteiger partial charge in [-0.25, -0.2) is 14.8 Å². The zero-order chi connectivity index (χ0) is 22.8. The lowest BCUT2D eigenvalue weighted by Crippen LogP contribution is -2.33. The number of fused-ring (bicyclic) bond motifs is 1. The summed E-state index contributed by atoms with van der Waals surface area (Å²) >= 11 is 1.27. The molecule has 3 rings (SSSR count). The van der Waals surface area contributed by atoms with Crippen LogP contribution >= 0.6 is 11.3 Å². The van der Waals surface area contributed by atoms with Gasteiger partial charge in [0.15, 0.2) is 0 Å². The molecule has 0 aromatic carbocycles. The molecule has 1 aliphatic rings. The molecule has 2 aromatic rings. The van der Waals surface area contributed by atoms with Gasteiger partial charge in [-0.2, -0.15) is 13.2 Å². The Morgan fingerprint density at radius 1 is 1.35 bits per heavy atom. The lowest BCUT2D eigenvalue weighted by molar-refractivity contribution is -0.143. The number of thiophene rings is 1. The van der Waals surface area contributed by atoms with Gasteiger partial charge in [-0.15, -0.1) is 11.3 Å². The Kier molecular flexibility index (Phi) is 7.38. The third kappa shape index (κ3) is 6.05. The van der Waals surface area contributed by atoms with Gasteiger partial charge >= 0.3 is 12.1 Å². The number of carbonyl (C=O) groups excluding carboxylic acids is 1. The molecule has 2 aromatic heterocycles. The van der Waals surface area contributed by atoms with Crippen molar-refractivity contribution in [2.45, 2.75) is 33.0 Å². The first kappa shape index (κ1) is 23.7. The zero-order valence-corrected chi connectivity index (χ0v) is 19.0. The van der Waals surface area contributed by atoms with Crippen molar-refractivity contribution in [3.8, 4) is 0 Å². The number of rotatable bonds is 8. The number of carbonyl (C=O) groups is 1. The van der Waals surface area contributed by atoms with Crippen LogP contribution in [0.1, 0.15) is 34.4 Å². The Hall–Kier alpha value is -1.98. The summed E-state index contributed by atoms with van der Waals surface area (Å²) in [5.74, 6) is 0.928. The average molecular weight is 460 g/mol. The van der Waals surface area contributed by atoms with E-state index in [4.69, 9.17) is 4.74 Å². The smallest absolute Gasteiger partial charge is 0.401 e. The number of esters is 1. The number of nitrogens with one attached hydrogen (secondary N) is 1. The number of likely N-dealkylation sites (tertiary alicyclic amines) is 1. The summed E-state index contributed by atoms with van der Waals surface area (Å²) in [5.41, 5.74) is 0.752. The largest absolute Gasteiger partial charge is 0.462 e. The summed E-state index contributed by atoms with van der Waals surface area (Å²) < 4.78 is 43.1. The monoisotopic (exact) mass is 459 g/mol. The maximum Gasteiger partial charge on any atom is 0.401 e. The summed E-state index contributed by atoms with van der Waals surface area (Å²) in [6, 6.07) is 0. The Balaban J connectivity index is 1.83. The number of aromatic nitrogens is 2. The number of nitrogens with zero attached hydrogens (tertiary/aromatic N) is 4. The fourth-order valence-corrected chi connectivity index (χ4v) is 4.87. The fraction of sp³-hybridized carbons (Fsp3) is 0.650. The lowest BCUT2D eigenvalue weighted by atomic mass is 10.1. The number of hydrogen-bond donors (Lipinski definition) is 1. The van der Waals surface area contributed by atoms with Crippen molar-refractivity contribution < 1.29 is 22.7 Å². The molecular formula is C20H28F3N5O2S. The van der Waals surface area contributed by atoms with Crippen LogP contribution in [0.3, 0.4) is 0 Å². The van der Waals surface area contributed by atoms with Crippen LogP contribution in [0, 0.1) is 12.8 Å². The van der Waals surface area contributed by atoms with E-state index in [1.54, 1.807) is 6.92 Å². The van der Waals surface area contributed by atoms with Gasteiger partial charge < -0.3 is 15.0 Å². The molecule has 1 atom stereocenters. The molecular weight excluding hydrogens is 431 g/mol. The third-order valence-corrected chi connectivity index (χ3v) is 6.25. The molecule has 0 amide bonds. The van der Waals surface area contributed by atoms with Crippen LogP contribution in [-0.2, 0) is 11.3 Å². The van der Waals surface area contributed by atoms with Gasteiger partial charge in [0.2, 0.25) is 0 Å². The first-order chi connectivity index (χ1) is 14.6. The summed E-state index contributed by atoms with van der Waals surface area (Å²) in [7, 11) is 3.83. The van der Waals surface area contributed by atoms with Crippen molar-refractivity contribution >= 4 is 33.3 Å². The highest BCUT2D eigenvalue weighted by Gasteiger charge is 2.34. The van der Waals surface area contributed by atoms with E-state index in [1.807, 2.05) is 25.9 Å². The van der Waals surface area contributed by atoms with Crippen LogP contribution < -0.4 is 5.32 Å². The van der Waals surface area contributed by atoms with Crippen molar-refractivity contribution in [3.63, 3.8) is 0 Å². The van der Waals surface area contributed by atoms with E-state index in [0.29, 0.717) is 53.9 Å². The highest BCUT2D eigenvalue weighted by molar-refractivity contribution is 7.20. The van der Waals surface area contributed by atoms with E-state index < -0.39 is 12.7 Å². The SMILES string of the molecule is CCOC(=O)c1sc2nc(CN(C)C)nc(NCC3CCN(CC(F)(F)F)C3)c2c1C. The molecule has 3 heterocycles. The highest BCUT2D eigenvalue weighted by Crippen LogP contribution is 2.35. The zero-order valence-electron chi connectivity index (χ0n) is 18.2. The minimum Gasteiger partial charge on any atom is -0.462 e. The molecule has 1 N–H and O–H groups in total. The van der Waals surface area contributed by atoms with Crippen LogP contribution in [0.15, 0.2) is 0 Å². The van der Waals surface area contributed by atoms with Gasteiger partial charge in [-0.05, 0) is 52.4 Å². The molecule has 1 fully saturated rings. The standard InChI is InChI=1S/C20H28F3N5O2S/c1-5-30-19(29)16-12(2)15-17(25-14(10-27(3)4)26-18(15)31-16)24-8-13-6-7-28(9-13)11-20(21,22)23/h13H,5-11H2,1-4H3,(H,24,25,26). The number of alkyl halides is 3. The van der Waals surface area contributed by atoms with Crippen molar-refractivity contribution in [1.82, 2.24) is 19.8 Å². The predicted octanol–water partition coefficient (Wildman–Crippen LogP) is 3.53. The first-order valence-corrected chi connectivity index (χ1v) is 11.0. The number of ether oxygens (including phenoxy) is 1. The van der Waals surface area contributed by atoms with Crippen LogP contribution in [0.4, 0.5) is 19.0 Å². The van der Waals surface area contributed by atoms with Crippen molar-refractivity contribution in [2.24, 2.45) is 5.92 Å². The van der Waals surface area contributed by atoms with Gasteiger partial charge in [0.25, 0.3) is 0 Å². The summed E-state index contributed by atoms with van der Waals surface area (Å²) in [6.07, 6.45) is -3.49. The second kappa shape index (κ2) is 9.66. The molecule has 11 heteroatoms. The average Bonchev–Trinajstić information content (AvgIpc) is 3.22. The van der Waals surface area contributed by atoms with Crippen molar-refractivity contribution in [2.75, 3.05) is 52.2 Å². The molecule has 0 spiro atoms.